The average Bonchev–Trinajstić information content (AvgIpc) is 3.01. The van der Waals surface area contributed by atoms with Gasteiger partial charge < -0.3 is 15.8 Å². The Morgan fingerprint density at radius 1 is 1.41 bits per heavy atom. The third-order valence-electron chi connectivity index (χ3n) is 4.91. The van der Waals surface area contributed by atoms with E-state index in [0.717, 1.165) is 18.4 Å². The lowest BCUT2D eigenvalue weighted by atomic mass is 9.88. The molecule has 0 aromatic rings. The number of ether oxygens (including phenoxy) is 1. The number of hydrogen-bond donors (Lipinski definition) is 2. The highest BCUT2D eigenvalue weighted by Gasteiger charge is 2.41. The number of amides is 1. The first-order valence-corrected chi connectivity index (χ1v) is 6.82. The predicted molar refractivity (Wildman–Crippen MR) is 64.3 cm³/mol. The van der Waals surface area contributed by atoms with Crippen LogP contribution in [0.1, 0.15) is 32.1 Å². The zero-order chi connectivity index (χ0) is 11.9. The average molecular weight is 238 g/mol. The molecule has 1 aliphatic heterocycles. The summed E-state index contributed by atoms with van der Waals surface area (Å²) < 4.78 is 5.22. The topological polar surface area (TPSA) is 64.4 Å². The highest BCUT2D eigenvalue weighted by Crippen LogP contribution is 2.47. The van der Waals surface area contributed by atoms with E-state index in [0.29, 0.717) is 25.6 Å². The molecule has 0 spiro atoms. The molecule has 3 N–H and O–H groups in total. The molecule has 0 aromatic carbocycles. The summed E-state index contributed by atoms with van der Waals surface area (Å²) in [6, 6.07) is 0. The van der Waals surface area contributed by atoms with Crippen LogP contribution in [0.3, 0.4) is 0 Å². The van der Waals surface area contributed by atoms with E-state index in [1.165, 1.54) is 25.7 Å². The largest absolute Gasteiger partial charge is 0.379 e. The quantitative estimate of drug-likeness (QED) is 0.759. The third kappa shape index (κ3) is 2.08. The normalized spacial score (nSPS) is 44.2. The minimum atomic E-state index is -0.766. The van der Waals surface area contributed by atoms with Crippen LogP contribution in [-0.4, -0.2) is 31.2 Å². The Bertz CT molecular complexity index is 313. The molecule has 0 radical (unpaired) electrons. The molecule has 4 heteroatoms. The van der Waals surface area contributed by atoms with E-state index in [4.69, 9.17) is 10.5 Å². The number of nitrogens with two attached hydrogens (primary N) is 1. The van der Waals surface area contributed by atoms with E-state index < -0.39 is 5.54 Å². The van der Waals surface area contributed by atoms with Gasteiger partial charge in [0.15, 0.2) is 0 Å². The molecule has 4 unspecified atom stereocenters. The SMILES string of the molecule is NC1(C(=O)NCC2CC3CCC2C3)CCOC1. The van der Waals surface area contributed by atoms with Gasteiger partial charge in [0.2, 0.25) is 5.91 Å². The molecule has 2 aliphatic carbocycles. The zero-order valence-electron chi connectivity index (χ0n) is 10.3. The van der Waals surface area contributed by atoms with Gasteiger partial charge >= 0.3 is 0 Å². The Kier molecular flexibility index (Phi) is 2.87. The molecule has 17 heavy (non-hydrogen) atoms. The van der Waals surface area contributed by atoms with Crippen LogP contribution in [0.2, 0.25) is 0 Å². The van der Waals surface area contributed by atoms with E-state index >= 15 is 0 Å². The van der Waals surface area contributed by atoms with Gasteiger partial charge in [-0.2, -0.15) is 0 Å². The van der Waals surface area contributed by atoms with Gasteiger partial charge in [-0.05, 0) is 43.4 Å². The van der Waals surface area contributed by atoms with Crippen LogP contribution >= 0.6 is 0 Å². The van der Waals surface area contributed by atoms with Crippen molar-refractivity contribution in [3.8, 4) is 0 Å². The number of carbonyl (C=O) groups is 1. The summed E-state index contributed by atoms with van der Waals surface area (Å²) >= 11 is 0. The smallest absolute Gasteiger partial charge is 0.242 e. The summed E-state index contributed by atoms with van der Waals surface area (Å²) in [4.78, 5) is 12.0. The first-order chi connectivity index (χ1) is 8.17. The van der Waals surface area contributed by atoms with Crippen LogP contribution in [-0.2, 0) is 9.53 Å². The molecule has 3 aliphatic rings. The number of nitrogens with one attached hydrogen (secondary N) is 1. The molecule has 0 aromatic heterocycles. The highest BCUT2D eigenvalue weighted by molar-refractivity contribution is 5.86. The maximum atomic E-state index is 12.0. The molecule has 3 rings (SSSR count). The number of fused-ring (bicyclic) bond motifs is 2. The summed E-state index contributed by atoms with van der Waals surface area (Å²) in [5, 5.41) is 3.05. The minimum absolute atomic E-state index is 0.0160. The third-order valence-corrected chi connectivity index (χ3v) is 4.91. The van der Waals surface area contributed by atoms with Crippen LogP contribution < -0.4 is 11.1 Å². The van der Waals surface area contributed by atoms with Gasteiger partial charge in [0.1, 0.15) is 5.54 Å². The molecule has 1 amide bonds. The van der Waals surface area contributed by atoms with Crippen LogP contribution in [0.15, 0.2) is 0 Å². The fourth-order valence-corrected chi connectivity index (χ4v) is 3.79. The maximum absolute atomic E-state index is 12.0. The summed E-state index contributed by atoms with van der Waals surface area (Å²) in [7, 11) is 0. The van der Waals surface area contributed by atoms with E-state index in [1.807, 2.05) is 0 Å². The Morgan fingerprint density at radius 2 is 2.29 bits per heavy atom. The van der Waals surface area contributed by atoms with Gasteiger partial charge in [-0.1, -0.05) is 6.42 Å². The summed E-state index contributed by atoms with van der Waals surface area (Å²) in [6.45, 7) is 1.80. The number of hydrogen-bond acceptors (Lipinski definition) is 3. The predicted octanol–water partition coefficient (Wildman–Crippen LogP) is 0.657. The highest BCUT2D eigenvalue weighted by atomic mass is 16.5. The van der Waals surface area contributed by atoms with Crippen LogP contribution in [0.4, 0.5) is 0 Å². The standard InChI is InChI=1S/C13H22N2O2/c14-13(3-4-17-8-13)12(16)15-7-11-6-9-1-2-10(11)5-9/h9-11H,1-8,14H2,(H,15,16). The lowest BCUT2D eigenvalue weighted by Gasteiger charge is -2.25. The molecular formula is C13H22N2O2. The van der Waals surface area contributed by atoms with Crippen molar-refractivity contribution in [3.05, 3.63) is 0 Å². The Balaban J connectivity index is 1.49. The van der Waals surface area contributed by atoms with Crippen molar-refractivity contribution in [1.29, 1.82) is 0 Å². The molecule has 96 valence electrons. The zero-order valence-corrected chi connectivity index (χ0v) is 10.3. The van der Waals surface area contributed by atoms with Gasteiger partial charge in [-0.3, -0.25) is 4.79 Å². The molecular weight excluding hydrogens is 216 g/mol. The van der Waals surface area contributed by atoms with Gasteiger partial charge in [0, 0.05) is 13.2 Å². The first-order valence-electron chi connectivity index (χ1n) is 6.82. The van der Waals surface area contributed by atoms with Gasteiger partial charge in [-0.25, -0.2) is 0 Å². The Morgan fingerprint density at radius 3 is 2.88 bits per heavy atom. The molecule has 3 fully saturated rings. The lowest BCUT2D eigenvalue weighted by molar-refractivity contribution is -0.126. The van der Waals surface area contributed by atoms with Crippen molar-refractivity contribution in [3.63, 3.8) is 0 Å². The van der Waals surface area contributed by atoms with Crippen molar-refractivity contribution < 1.29 is 9.53 Å². The molecule has 4 nitrogen and oxygen atoms in total. The van der Waals surface area contributed by atoms with E-state index in [9.17, 15) is 4.79 Å². The van der Waals surface area contributed by atoms with Crippen LogP contribution in [0, 0.1) is 17.8 Å². The molecule has 1 saturated heterocycles. The van der Waals surface area contributed by atoms with Crippen molar-refractivity contribution in [2.45, 2.75) is 37.6 Å². The van der Waals surface area contributed by atoms with Gasteiger partial charge in [0.25, 0.3) is 0 Å². The summed E-state index contributed by atoms with van der Waals surface area (Å²) in [5.41, 5.74) is 5.26. The van der Waals surface area contributed by atoms with Crippen molar-refractivity contribution in [2.24, 2.45) is 23.5 Å². The molecule has 1 heterocycles. The fourth-order valence-electron chi connectivity index (χ4n) is 3.79. The van der Waals surface area contributed by atoms with Gasteiger partial charge in [0.05, 0.1) is 6.61 Å². The monoisotopic (exact) mass is 238 g/mol. The minimum Gasteiger partial charge on any atom is -0.379 e. The molecule has 2 bridgehead atoms. The first kappa shape index (κ1) is 11.5. The lowest BCUT2D eigenvalue weighted by Crippen LogP contribution is -2.55. The van der Waals surface area contributed by atoms with Gasteiger partial charge in [-0.15, -0.1) is 0 Å². The number of rotatable bonds is 3. The van der Waals surface area contributed by atoms with Crippen molar-refractivity contribution >= 4 is 5.91 Å². The Hall–Kier alpha value is -0.610. The second kappa shape index (κ2) is 4.25. The van der Waals surface area contributed by atoms with E-state index in [-0.39, 0.29) is 5.91 Å². The molecule has 4 atom stereocenters. The summed E-state index contributed by atoms with van der Waals surface area (Å²) in [5.74, 6) is 2.47. The molecule has 2 saturated carbocycles. The maximum Gasteiger partial charge on any atom is 0.242 e. The van der Waals surface area contributed by atoms with E-state index in [1.54, 1.807) is 0 Å². The summed E-state index contributed by atoms with van der Waals surface area (Å²) in [6.07, 6.45) is 6.11. The van der Waals surface area contributed by atoms with Crippen molar-refractivity contribution in [1.82, 2.24) is 5.32 Å². The number of carbonyl (C=O) groups excluding carboxylic acids is 1. The van der Waals surface area contributed by atoms with Crippen molar-refractivity contribution in [2.75, 3.05) is 19.8 Å². The van der Waals surface area contributed by atoms with Crippen LogP contribution in [0.25, 0.3) is 0 Å². The second-order valence-electron chi connectivity index (χ2n) is 6.10. The van der Waals surface area contributed by atoms with Crippen LogP contribution in [0.5, 0.6) is 0 Å². The van der Waals surface area contributed by atoms with E-state index in [2.05, 4.69) is 5.32 Å². The second-order valence-corrected chi connectivity index (χ2v) is 6.10. The fraction of sp³-hybridized carbons (Fsp3) is 0.923. The Labute approximate surface area is 102 Å².